The minimum atomic E-state index is -0.719. The predicted octanol–water partition coefficient (Wildman–Crippen LogP) is 0.706. The zero-order valence-corrected chi connectivity index (χ0v) is 9.06. The maximum atomic E-state index is 10.4. The molecule has 0 saturated carbocycles. The number of methoxy groups -OCH3 is 2. The van der Waals surface area contributed by atoms with Crippen LogP contribution in [0.15, 0.2) is 23.3 Å². The van der Waals surface area contributed by atoms with E-state index in [1.54, 1.807) is 25.3 Å². The molecule has 6 heteroatoms. The van der Waals surface area contributed by atoms with Gasteiger partial charge in [-0.05, 0) is 12.1 Å². The van der Waals surface area contributed by atoms with E-state index in [-0.39, 0.29) is 0 Å². The number of urea groups is 1. The standard InChI is InChI=1S/C10H13N3O3/c1-15-8-4-3-7(9(5-8)16-2)6-12-13-10(11)14/h3-6H,1-2H3,(H3,11,13,14)/b12-6-. The highest BCUT2D eigenvalue weighted by atomic mass is 16.5. The van der Waals surface area contributed by atoms with Gasteiger partial charge >= 0.3 is 6.03 Å². The molecule has 0 spiro atoms. The van der Waals surface area contributed by atoms with Crippen molar-refractivity contribution >= 4 is 12.2 Å². The van der Waals surface area contributed by atoms with Crippen LogP contribution in [-0.4, -0.2) is 26.5 Å². The third-order valence-corrected chi connectivity index (χ3v) is 1.82. The largest absolute Gasteiger partial charge is 0.497 e. The van der Waals surface area contributed by atoms with E-state index < -0.39 is 6.03 Å². The molecule has 0 aromatic heterocycles. The number of hydrogen-bond donors (Lipinski definition) is 2. The lowest BCUT2D eigenvalue weighted by Gasteiger charge is -2.06. The Labute approximate surface area is 93.0 Å². The van der Waals surface area contributed by atoms with Gasteiger partial charge in [-0.15, -0.1) is 0 Å². The van der Waals surface area contributed by atoms with Gasteiger partial charge in [-0.2, -0.15) is 5.10 Å². The Morgan fingerprint density at radius 3 is 2.75 bits per heavy atom. The van der Waals surface area contributed by atoms with Crippen molar-refractivity contribution in [3.8, 4) is 11.5 Å². The third kappa shape index (κ3) is 3.16. The van der Waals surface area contributed by atoms with Gasteiger partial charge in [0, 0.05) is 11.6 Å². The average molecular weight is 223 g/mol. The summed E-state index contributed by atoms with van der Waals surface area (Å²) in [6.45, 7) is 0. The van der Waals surface area contributed by atoms with Crippen molar-refractivity contribution < 1.29 is 14.3 Å². The molecule has 0 heterocycles. The Balaban J connectivity index is 2.87. The van der Waals surface area contributed by atoms with Gasteiger partial charge in [0.2, 0.25) is 0 Å². The average Bonchev–Trinajstić information content (AvgIpc) is 2.29. The topological polar surface area (TPSA) is 85.9 Å². The van der Waals surface area contributed by atoms with Crippen LogP contribution >= 0.6 is 0 Å². The number of nitrogens with two attached hydrogens (primary N) is 1. The zero-order valence-electron chi connectivity index (χ0n) is 9.06. The van der Waals surface area contributed by atoms with E-state index in [0.29, 0.717) is 17.1 Å². The number of carbonyl (C=O) groups is 1. The Morgan fingerprint density at radius 2 is 2.19 bits per heavy atom. The maximum absolute atomic E-state index is 10.4. The molecule has 3 N–H and O–H groups in total. The Bertz CT molecular complexity index is 404. The number of rotatable bonds is 4. The summed E-state index contributed by atoms with van der Waals surface area (Å²) in [6.07, 6.45) is 1.43. The summed E-state index contributed by atoms with van der Waals surface area (Å²) in [7, 11) is 3.10. The summed E-state index contributed by atoms with van der Waals surface area (Å²) in [6, 6.07) is 4.51. The molecule has 0 aliphatic rings. The van der Waals surface area contributed by atoms with Crippen molar-refractivity contribution in [2.24, 2.45) is 10.8 Å². The number of hydrazone groups is 1. The SMILES string of the molecule is COc1ccc(/C=N\NC(N)=O)c(OC)c1. The van der Waals surface area contributed by atoms with E-state index in [0.717, 1.165) is 0 Å². The second-order valence-electron chi connectivity index (χ2n) is 2.84. The molecule has 1 aromatic carbocycles. The highest BCUT2D eigenvalue weighted by Gasteiger charge is 2.02. The van der Waals surface area contributed by atoms with E-state index in [2.05, 4.69) is 10.5 Å². The summed E-state index contributed by atoms with van der Waals surface area (Å²) in [4.78, 5) is 10.4. The van der Waals surface area contributed by atoms with Gasteiger partial charge in [0.05, 0.1) is 20.4 Å². The monoisotopic (exact) mass is 223 g/mol. The van der Waals surface area contributed by atoms with E-state index in [9.17, 15) is 4.79 Å². The summed E-state index contributed by atoms with van der Waals surface area (Å²) < 4.78 is 10.2. The van der Waals surface area contributed by atoms with Crippen molar-refractivity contribution in [1.82, 2.24) is 5.43 Å². The van der Waals surface area contributed by atoms with Crippen LogP contribution in [0, 0.1) is 0 Å². The highest BCUT2D eigenvalue weighted by Crippen LogP contribution is 2.22. The van der Waals surface area contributed by atoms with Crippen LogP contribution in [0.5, 0.6) is 11.5 Å². The molecule has 2 amide bonds. The van der Waals surface area contributed by atoms with E-state index in [1.165, 1.54) is 13.3 Å². The molecule has 0 saturated heterocycles. The molecule has 16 heavy (non-hydrogen) atoms. The summed E-state index contributed by atoms with van der Waals surface area (Å²) in [5.41, 5.74) is 7.66. The highest BCUT2D eigenvalue weighted by molar-refractivity contribution is 5.85. The second-order valence-corrected chi connectivity index (χ2v) is 2.84. The molecule has 0 fully saturated rings. The molecule has 0 bridgehead atoms. The number of amides is 2. The molecular formula is C10H13N3O3. The van der Waals surface area contributed by atoms with Crippen molar-refractivity contribution in [2.75, 3.05) is 14.2 Å². The van der Waals surface area contributed by atoms with Gasteiger partial charge in [-0.25, -0.2) is 10.2 Å². The van der Waals surface area contributed by atoms with E-state index >= 15 is 0 Å². The first-order valence-corrected chi connectivity index (χ1v) is 4.48. The fourth-order valence-corrected chi connectivity index (χ4v) is 1.09. The van der Waals surface area contributed by atoms with Crippen molar-refractivity contribution in [2.45, 2.75) is 0 Å². The number of carbonyl (C=O) groups excluding carboxylic acids is 1. The molecule has 0 aliphatic carbocycles. The Hall–Kier alpha value is -2.24. The fourth-order valence-electron chi connectivity index (χ4n) is 1.09. The van der Waals surface area contributed by atoms with Gasteiger partial charge in [-0.3, -0.25) is 0 Å². The summed E-state index contributed by atoms with van der Waals surface area (Å²) in [5, 5.41) is 3.63. The van der Waals surface area contributed by atoms with Crippen LogP contribution in [-0.2, 0) is 0 Å². The number of hydrogen-bond acceptors (Lipinski definition) is 4. The number of nitrogens with one attached hydrogen (secondary N) is 1. The van der Waals surface area contributed by atoms with Gasteiger partial charge in [-0.1, -0.05) is 0 Å². The van der Waals surface area contributed by atoms with Crippen molar-refractivity contribution in [3.05, 3.63) is 23.8 Å². The second kappa shape index (κ2) is 5.59. The zero-order chi connectivity index (χ0) is 12.0. The fraction of sp³-hybridized carbons (Fsp3) is 0.200. The molecule has 0 unspecified atom stereocenters. The van der Waals surface area contributed by atoms with Gasteiger partial charge in [0.1, 0.15) is 11.5 Å². The van der Waals surface area contributed by atoms with Crippen LogP contribution in [0.1, 0.15) is 5.56 Å². The molecule has 6 nitrogen and oxygen atoms in total. The summed E-state index contributed by atoms with van der Waals surface area (Å²) >= 11 is 0. The molecular weight excluding hydrogens is 210 g/mol. The van der Waals surface area contributed by atoms with Crippen LogP contribution in [0.3, 0.4) is 0 Å². The normalized spacial score (nSPS) is 10.1. The number of benzene rings is 1. The number of nitrogens with zero attached hydrogens (tertiary/aromatic N) is 1. The van der Waals surface area contributed by atoms with Crippen LogP contribution in [0.2, 0.25) is 0 Å². The lowest BCUT2D eigenvalue weighted by atomic mass is 10.2. The van der Waals surface area contributed by atoms with Crippen molar-refractivity contribution in [1.29, 1.82) is 0 Å². The number of primary amides is 1. The first-order chi connectivity index (χ1) is 7.67. The van der Waals surface area contributed by atoms with Crippen LogP contribution in [0.25, 0.3) is 0 Å². The molecule has 0 aliphatic heterocycles. The maximum Gasteiger partial charge on any atom is 0.332 e. The molecule has 0 radical (unpaired) electrons. The minimum Gasteiger partial charge on any atom is -0.497 e. The summed E-state index contributed by atoms with van der Waals surface area (Å²) in [5.74, 6) is 1.27. The number of ether oxygens (including phenoxy) is 2. The van der Waals surface area contributed by atoms with Crippen molar-refractivity contribution in [3.63, 3.8) is 0 Å². The molecule has 1 aromatic rings. The third-order valence-electron chi connectivity index (χ3n) is 1.82. The molecule has 0 atom stereocenters. The van der Waals surface area contributed by atoms with Crippen LogP contribution in [0.4, 0.5) is 4.79 Å². The Kier molecular flexibility index (Phi) is 4.14. The van der Waals surface area contributed by atoms with Gasteiger partial charge in [0.25, 0.3) is 0 Å². The van der Waals surface area contributed by atoms with E-state index in [4.69, 9.17) is 15.2 Å². The first kappa shape index (κ1) is 11.8. The first-order valence-electron chi connectivity index (χ1n) is 4.48. The van der Waals surface area contributed by atoms with Gasteiger partial charge in [0.15, 0.2) is 0 Å². The lowest BCUT2D eigenvalue weighted by molar-refractivity contribution is 0.249. The predicted molar refractivity (Wildman–Crippen MR) is 59.9 cm³/mol. The Morgan fingerprint density at radius 1 is 1.44 bits per heavy atom. The molecule has 86 valence electrons. The van der Waals surface area contributed by atoms with Crippen LogP contribution < -0.4 is 20.6 Å². The minimum absolute atomic E-state index is 0.592. The van der Waals surface area contributed by atoms with E-state index in [1.807, 2.05) is 0 Å². The van der Waals surface area contributed by atoms with Gasteiger partial charge < -0.3 is 15.2 Å². The quantitative estimate of drug-likeness (QED) is 0.582. The lowest BCUT2D eigenvalue weighted by Crippen LogP contribution is -2.24. The molecule has 1 rings (SSSR count). The smallest absolute Gasteiger partial charge is 0.332 e.